The summed E-state index contributed by atoms with van der Waals surface area (Å²) in [4.78, 5) is 4.65. The highest BCUT2D eigenvalue weighted by atomic mass is 19.2. The van der Waals surface area contributed by atoms with Crippen LogP contribution in [0.3, 0.4) is 0 Å². The van der Waals surface area contributed by atoms with Crippen molar-refractivity contribution < 1.29 is 8.78 Å². The second-order valence-corrected chi connectivity index (χ2v) is 5.43. The van der Waals surface area contributed by atoms with Gasteiger partial charge < -0.3 is 5.32 Å². The van der Waals surface area contributed by atoms with Gasteiger partial charge in [-0.2, -0.15) is 0 Å². The summed E-state index contributed by atoms with van der Waals surface area (Å²) in [6, 6.07) is 8.39. The Balaban J connectivity index is 1.61. The minimum absolute atomic E-state index is 0.294. The quantitative estimate of drug-likeness (QED) is 0.931. The zero-order valence-corrected chi connectivity index (χ0v) is 11.8. The number of fused-ring (bicyclic) bond motifs is 1. The highest BCUT2D eigenvalue weighted by Gasteiger charge is 2.11. The SMILES string of the molecule is Fc1cccc(CNCc2ccc3c(n2)CCCC3)c1F. The number of rotatable bonds is 4. The molecular weight excluding hydrogens is 270 g/mol. The van der Waals surface area contributed by atoms with E-state index in [1.165, 1.54) is 30.2 Å². The van der Waals surface area contributed by atoms with Gasteiger partial charge in [-0.25, -0.2) is 8.78 Å². The van der Waals surface area contributed by atoms with Crippen LogP contribution < -0.4 is 5.32 Å². The van der Waals surface area contributed by atoms with E-state index in [1.807, 2.05) is 6.07 Å². The van der Waals surface area contributed by atoms with Crippen molar-refractivity contribution in [3.05, 3.63) is 64.5 Å². The molecule has 0 bridgehead atoms. The van der Waals surface area contributed by atoms with E-state index in [2.05, 4.69) is 16.4 Å². The van der Waals surface area contributed by atoms with E-state index in [-0.39, 0.29) is 0 Å². The Labute approximate surface area is 123 Å². The maximum Gasteiger partial charge on any atom is 0.163 e. The smallest absolute Gasteiger partial charge is 0.163 e. The number of nitrogens with one attached hydrogen (secondary N) is 1. The summed E-state index contributed by atoms with van der Waals surface area (Å²) < 4.78 is 26.6. The standard InChI is InChI=1S/C17H18F2N2/c18-15-6-3-5-13(17(15)19)10-20-11-14-9-8-12-4-1-2-7-16(12)21-14/h3,5-6,8-9,20H,1-2,4,7,10-11H2. The number of hydrogen-bond donors (Lipinski definition) is 1. The highest BCUT2D eigenvalue weighted by Crippen LogP contribution is 2.19. The molecule has 0 atom stereocenters. The maximum atomic E-state index is 13.5. The van der Waals surface area contributed by atoms with Crippen molar-refractivity contribution in [1.82, 2.24) is 10.3 Å². The lowest BCUT2D eigenvalue weighted by Crippen LogP contribution is -2.16. The second kappa shape index (κ2) is 6.31. The summed E-state index contributed by atoms with van der Waals surface area (Å²) in [5.41, 5.74) is 3.83. The monoisotopic (exact) mass is 288 g/mol. The lowest BCUT2D eigenvalue weighted by molar-refractivity contribution is 0.492. The molecule has 0 aliphatic heterocycles. The van der Waals surface area contributed by atoms with Gasteiger partial charge in [0.15, 0.2) is 11.6 Å². The van der Waals surface area contributed by atoms with Crippen LogP contribution in [0.2, 0.25) is 0 Å². The Morgan fingerprint density at radius 3 is 2.76 bits per heavy atom. The summed E-state index contributed by atoms with van der Waals surface area (Å²) in [6.07, 6.45) is 4.60. The second-order valence-electron chi connectivity index (χ2n) is 5.43. The molecule has 110 valence electrons. The topological polar surface area (TPSA) is 24.9 Å². The van der Waals surface area contributed by atoms with E-state index in [0.29, 0.717) is 18.7 Å². The minimum Gasteiger partial charge on any atom is -0.307 e. The predicted molar refractivity (Wildman–Crippen MR) is 77.8 cm³/mol. The van der Waals surface area contributed by atoms with Crippen LogP contribution in [-0.4, -0.2) is 4.98 Å². The van der Waals surface area contributed by atoms with Crippen LogP contribution in [0.1, 0.15) is 35.4 Å². The minimum atomic E-state index is -0.804. The van der Waals surface area contributed by atoms with E-state index in [4.69, 9.17) is 0 Å². The fourth-order valence-electron chi connectivity index (χ4n) is 2.74. The largest absolute Gasteiger partial charge is 0.307 e. The van der Waals surface area contributed by atoms with Gasteiger partial charge in [-0.15, -0.1) is 0 Å². The number of aryl methyl sites for hydroxylation is 2. The van der Waals surface area contributed by atoms with E-state index in [9.17, 15) is 8.78 Å². The van der Waals surface area contributed by atoms with Crippen molar-refractivity contribution in [2.75, 3.05) is 0 Å². The molecule has 1 N–H and O–H groups in total. The van der Waals surface area contributed by atoms with E-state index in [0.717, 1.165) is 24.6 Å². The highest BCUT2D eigenvalue weighted by molar-refractivity contribution is 5.25. The number of halogens is 2. The predicted octanol–water partition coefficient (Wildman–Crippen LogP) is 3.53. The van der Waals surface area contributed by atoms with Gasteiger partial charge in [0, 0.05) is 24.3 Å². The van der Waals surface area contributed by atoms with Crippen molar-refractivity contribution >= 4 is 0 Å². The van der Waals surface area contributed by atoms with Crippen molar-refractivity contribution in [3.63, 3.8) is 0 Å². The molecule has 0 fully saturated rings. The summed E-state index contributed by atoms with van der Waals surface area (Å²) >= 11 is 0. The van der Waals surface area contributed by atoms with Gasteiger partial charge in [0.1, 0.15) is 0 Å². The van der Waals surface area contributed by atoms with Gasteiger partial charge >= 0.3 is 0 Å². The van der Waals surface area contributed by atoms with Gasteiger partial charge in [0.05, 0.1) is 5.69 Å². The van der Waals surface area contributed by atoms with E-state index in [1.54, 1.807) is 6.07 Å². The summed E-state index contributed by atoms with van der Waals surface area (Å²) in [5.74, 6) is -1.58. The van der Waals surface area contributed by atoms with Crippen molar-refractivity contribution in [3.8, 4) is 0 Å². The first-order valence-electron chi connectivity index (χ1n) is 7.35. The van der Waals surface area contributed by atoms with Gasteiger partial charge in [-0.1, -0.05) is 18.2 Å². The average Bonchev–Trinajstić information content (AvgIpc) is 2.51. The Morgan fingerprint density at radius 2 is 1.86 bits per heavy atom. The number of aromatic nitrogens is 1. The molecule has 2 aromatic rings. The number of hydrogen-bond acceptors (Lipinski definition) is 2. The third kappa shape index (κ3) is 3.27. The molecule has 1 aliphatic rings. The molecule has 1 heterocycles. The van der Waals surface area contributed by atoms with Crippen LogP contribution in [0.15, 0.2) is 30.3 Å². The van der Waals surface area contributed by atoms with Crippen molar-refractivity contribution in [2.45, 2.75) is 38.8 Å². The van der Waals surface area contributed by atoms with E-state index < -0.39 is 11.6 Å². The zero-order valence-electron chi connectivity index (χ0n) is 11.8. The Hall–Kier alpha value is -1.81. The molecule has 2 nitrogen and oxygen atoms in total. The van der Waals surface area contributed by atoms with Crippen LogP contribution >= 0.6 is 0 Å². The number of benzene rings is 1. The molecule has 0 radical (unpaired) electrons. The first-order valence-corrected chi connectivity index (χ1v) is 7.35. The van der Waals surface area contributed by atoms with Gasteiger partial charge in [-0.05, 0) is 43.4 Å². The summed E-state index contributed by atoms with van der Waals surface area (Å²) in [7, 11) is 0. The molecule has 0 spiro atoms. The Kier molecular flexibility index (Phi) is 4.25. The molecule has 1 aromatic heterocycles. The fraction of sp³-hybridized carbons (Fsp3) is 0.353. The van der Waals surface area contributed by atoms with Crippen molar-refractivity contribution in [1.29, 1.82) is 0 Å². The summed E-state index contributed by atoms with van der Waals surface area (Å²) in [6.45, 7) is 0.853. The molecule has 0 saturated heterocycles. The molecule has 21 heavy (non-hydrogen) atoms. The van der Waals surface area contributed by atoms with Crippen molar-refractivity contribution in [2.24, 2.45) is 0 Å². The molecule has 0 unspecified atom stereocenters. The van der Waals surface area contributed by atoms with Crippen LogP contribution in [0, 0.1) is 11.6 Å². The summed E-state index contributed by atoms with van der Waals surface area (Å²) in [5, 5.41) is 3.12. The fourth-order valence-corrected chi connectivity index (χ4v) is 2.74. The molecule has 4 heteroatoms. The van der Waals surface area contributed by atoms with Gasteiger partial charge in [0.25, 0.3) is 0 Å². The van der Waals surface area contributed by atoms with E-state index >= 15 is 0 Å². The third-order valence-electron chi connectivity index (χ3n) is 3.89. The normalized spacial score (nSPS) is 14.0. The first-order chi connectivity index (χ1) is 10.2. The third-order valence-corrected chi connectivity index (χ3v) is 3.89. The number of pyridine rings is 1. The van der Waals surface area contributed by atoms with Crippen LogP contribution in [-0.2, 0) is 25.9 Å². The molecule has 0 amide bonds. The number of nitrogens with zero attached hydrogens (tertiary/aromatic N) is 1. The van der Waals surface area contributed by atoms with Crippen LogP contribution in [0.4, 0.5) is 8.78 Å². The molecular formula is C17H18F2N2. The van der Waals surface area contributed by atoms with Gasteiger partial charge in [0.2, 0.25) is 0 Å². The van der Waals surface area contributed by atoms with Gasteiger partial charge in [-0.3, -0.25) is 4.98 Å². The average molecular weight is 288 g/mol. The molecule has 3 rings (SSSR count). The molecule has 1 aromatic carbocycles. The zero-order chi connectivity index (χ0) is 14.7. The van der Waals surface area contributed by atoms with Crippen LogP contribution in [0.25, 0.3) is 0 Å². The maximum absolute atomic E-state index is 13.5. The molecule has 0 saturated carbocycles. The lowest BCUT2D eigenvalue weighted by atomic mass is 9.96. The Bertz CT molecular complexity index is 641. The molecule has 1 aliphatic carbocycles. The first kappa shape index (κ1) is 14.1. The van der Waals surface area contributed by atoms with Crippen LogP contribution in [0.5, 0.6) is 0 Å². The lowest BCUT2D eigenvalue weighted by Gasteiger charge is -2.15. The Morgan fingerprint density at radius 1 is 1.00 bits per heavy atom.